The van der Waals surface area contributed by atoms with Crippen molar-refractivity contribution in [2.24, 2.45) is 10.8 Å². The molecule has 0 aromatic rings. The molecule has 0 aromatic heterocycles. The van der Waals surface area contributed by atoms with Gasteiger partial charge >= 0.3 is 11.9 Å². The molecule has 0 amide bonds. The summed E-state index contributed by atoms with van der Waals surface area (Å²) in [5, 5.41) is 22.2. The standard InChI is InChI=1S/C24H28O9/c1-4-30-20(27)22(2)12-14-16(17-13(25)8-9-15(26)24(17,22)21(28)29-3)18-19(31-14)33-23(32-18)10-6-5-7-11-23/h8-9,12,18-19,25-26H,4-7,10-11H2,1-3H3/t18-,19-,22-,24-/m1/s1. The summed E-state index contributed by atoms with van der Waals surface area (Å²) < 4.78 is 29.1. The largest absolute Gasteiger partial charge is 0.511 e. The first-order valence-corrected chi connectivity index (χ1v) is 11.3. The molecule has 9 heteroatoms. The average molecular weight is 460 g/mol. The molecule has 4 atom stereocenters. The molecule has 5 rings (SSSR count). The summed E-state index contributed by atoms with van der Waals surface area (Å²) in [6.07, 6.45) is 6.77. The van der Waals surface area contributed by atoms with Gasteiger partial charge in [0.2, 0.25) is 6.29 Å². The molecule has 0 radical (unpaired) electrons. The van der Waals surface area contributed by atoms with Crippen LogP contribution in [0.1, 0.15) is 46.0 Å². The number of rotatable bonds is 3. The van der Waals surface area contributed by atoms with E-state index in [0.29, 0.717) is 18.4 Å². The van der Waals surface area contributed by atoms with Gasteiger partial charge in [-0.15, -0.1) is 0 Å². The molecule has 2 aliphatic heterocycles. The van der Waals surface area contributed by atoms with Gasteiger partial charge < -0.3 is 33.9 Å². The lowest BCUT2D eigenvalue weighted by Gasteiger charge is -2.47. The van der Waals surface area contributed by atoms with E-state index in [2.05, 4.69) is 0 Å². The van der Waals surface area contributed by atoms with Crippen LogP contribution in [-0.2, 0) is 33.3 Å². The molecule has 9 nitrogen and oxygen atoms in total. The van der Waals surface area contributed by atoms with Gasteiger partial charge in [-0.3, -0.25) is 9.59 Å². The Balaban J connectivity index is 1.73. The Labute approximate surface area is 191 Å². The summed E-state index contributed by atoms with van der Waals surface area (Å²) >= 11 is 0. The lowest BCUT2D eigenvalue weighted by Crippen LogP contribution is -2.56. The second kappa shape index (κ2) is 7.36. The highest BCUT2D eigenvalue weighted by molar-refractivity contribution is 5.98. The van der Waals surface area contributed by atoms with Crippen LogP contribution in [0.5, 0.6) is 0 Å². The quantitative estimate of drug-likeness (QED) is 0.611. The molecular formula is C24H28O9. The molecular weight excluding hydrogens is 432 g/mol. The van der Waals surface area contributed by atoms with E-state index in [4.69, 9.17) is 23.7 Å². The van der Waals surface area contributed by atoms with Crippen LogP contribution in [-0.4, -0.2) is 54.0 Å². The minimum absolute atomic E-state index is 0.00589. The van der Waals surface area contributed by atoms with Gasteiger partial charge in [0.05, 0.1) is 13.7 Å². The van der Waals surface area contributed by atoms with Gasteiger partial charge in [0.15, 0.2) is 17.3 Å². The third kappa shape index (κ3) is 2.72. The summed E-state index contributed by atoms with van der Waals surface area (Å²) in [6, 6.07) is 0. The number of ether oxygens (including phenoxy) is 5. The van der Waals surface area contributed by atoms with Crippen LogP contribution < -0.4 is 0 Å². The Morgan fingerprint density at radius 3 is 2.52 bits per heavy atom. The maximum atomic E-state index is 13.4. The maximum Gasteiger partial charge on any atom is 0.325 e. The van der Waals surface area contributed by atoms with Gasteiger partial charge in [0.25, 0.3) is 0 Å². The van der Waals surface area contributed by atoms with E-state index < -0.39 is 46.7 Å². The predicted molar refractivity (Wildman–Crippen MR) is 112 cm³/mol. The number of aliphatic hydroxyl groups is 2. The molecule has 3 fully saturated rings. The number of esters is 2. The third-order valence-electron chi connectivity index (χ3n) is 7.40. The second-order valence-electron chi connectivity index (χ2n) is 9.18. The molecule has 2 heterocycles. The molecule has 2 saturated heterocycles. The van der Waals surface area contributed by atoms with Crippen LogP contribution in [0.3, 0.4) is 0 Å². The lowest BCUT2D eigenvalue weighted by molar-refractivity contribution is -0.220. The molecule has 1 spiro atoms. The molecule has 5 aliphatic rings. The van der Waals surface area contributed by atoms with Crippen molar-refractivity contribution in [1.29, 1.82) is 0 Å². The van der Waals surface area contributed by atoms with Crippen LogP contribution in [0.25, 0.3) is 0 Å². The molecule has 2 N–H and O–H groups in total. The summed E-state index contributed by atoms with van der Waals surface area (Å²) in [5.41, 5.74) is -3.50. The smallest absolute Gasteiger partial charge is 0.325 e. The molecule has 3 aliphatic carbocycles. The highest BCUT2D eigenvalue weighted by Gasteiger charge is 2.71. The van der Waals surface area contributed by atoms with Crippen molar-refractivity contribution in [3.63, 3.8) is 0 Å². The van der Waals surface area contributed by atoms with E-state index in [0.717, 1.165) is 26.4 Å². The van der Waals surface area contributed by atoms with E-state index in [1.165, 1.54) is 25.2 Å². The number of aliphatic hydroxyl groups excluding tert-OH is 2. The Kier molecular flexibility index (Phi) is 4.92. The number of methoxy groups -OCH3 is 1. The van der Waals surface area contributed by atoms with Crippen molar-refractivity contribution in [2.45, 2.75) is 64.1 Å². The van der Waals surface area contributed by atoms with Gasteiger partial charge in [0, 0.05) is 24.0 Å². The molecule has 0 unspecified atom stereocenters. The van der Waals surface area contributed by atoms with Gasteiger partial charge in [-0.2, -0.15) is 0 Å². The van der Waals surface area contributed by atoms with E-state index in [1.54, 1.807) is 6.92 Å². The van der Waals surface area contributed by atoms with E-state index in [9.17, 15) is 19.8 Å². The molecule has 1 saturated carbocycles. The monoisotopic (exact) mass is 460 g/mol. The van der Waals surface area contributed by atoms with Crippen molar-refractivity contribution in [3.05, 3.63) is 46.7 Å². The van der Waals surface area contributed by atoms with Gasteiger partial charge in [-0.1, -0.05) is 6.42 Å². The molecule has 0 bridgehead atoms. The summed E-state index contributed by atoms with van der Waals surface area (Å²) in [4.78, 5) is 26.7. The zero-order chi connectivity index (χ0) is 23.6. The highest BCUT2D eigenvalue weighted by Crippen LogP contribution is 2.63. The number of allylic oxidation sites excluding steroid dienone is 3. The minimum atomic E-state index is -2.09. The van der Waals surface area contributed by atoms with Crippen molar-refractivity contribution in [1.82, 2.24) is 0 Å². The van der Waals surface area contributed by atoms with Crippen molar-refractivity contribution in [2.75, 3.05) is 13.7 Å². The first-order valence-electron chi connectivity index (χ1n) is 11.3. The van der Waals surface area contributed by atoms with E-state index in [1.807, 2.05) is 0 Å². The Morgan fingerprint density at radius 2 is 1.85 bits per heavy atom. The van der Waals surface area contributed by atoms with E-state index >= 15 is 0 Å². The van der Waals surface area contributed by atoms with Crippen molar-refractivity contribution in [3.8, 4) is 0 Å². The van der Waals surface area contributed by atoms with Gasteiger partial charge in [-0.25, -0.2) is 0 Å². The normalized spacial score (nSPS) is 36.0. The van der Waals surface area contributed by atoms with Crippen molar-refractivity contribution < 1.29 is 43.5 Å². The Morgan fingerprint density at radius 1 is 1.12 bits per heavy atom. The first kappa shape index (κ1) is 22.0. The van der Waals surface area contributed by atoms with Gasteiger partial charge in [0.1, 0.15) is 22.7 Å². The van der Waals surface area contributed by atoms with Crippen LogP contribution in [0.4, 0.5) is 0 Å². The fourth-order valence-electron chi connectivity index (χ4n) is 5.89. The second-order valence-corrected chi connectivity index (χ2v) is 9.18. The van der Waals surface area contributed by atoms with Crippen LogP contribution in [0.15, 0.2) is 46.7 Å². The lowest BCUT2D eigenvalue weighted by atomic mass is 9.53. The molecule has 33 heavy (non-hydrogen) atoms. The van der Waals surface area contributed by atoms with E-state index in [-0.39, 0.29) is 23.7 Å². The number of hydrogen-bond acceptors (Lipinski definition) is 9. The number of hydrogen-bond donors (Lipinski definition) is 2. The third-order valence-corrected chi connectivity index (χ3v) is 7.40. The summed E-state index contributed by atoms with van der Waals surface area (Å²) in [5.74, 6) is -2.99. The van der Waals surface area contributed by atoms with Crippen LogP contribution in [0, 0.1) is 10.8 Å². The number of carbonyl (C=O) groups excluding carboxylic acids is 2. The fourth-order valence-corrected chi connectivity index (χ4v) is 5.89. The van der Waals surface area contributed by atoms with Crippen molar-refractivity contribution >= 4 is 11.9 Å². The zero-order valence-corrected chi connectivity index (χ0v) is 18.9. The topological polar surface area (TPSA) is 121 Å². The maximum absolute atomic E-state index is 13.4. The van der Waals surface area contributed by atoms with Crippen LogP contribution >= 0.6 is 0 Å². The predicted octanol–water partition coefficient (Wildman–Crippen LogP) is 3.24. The Bertz CT molecular complexity index is 1030. The fraction of sp³-hybridized carbons (Fsp3) is 0.583. The summed E-state index contributed by atoms with van der Waals surface area (Å²) in [6.45, 7) is 3.14. The first-order chi connectivity index (χ1) is 15.7. The minimum Gasteiger partial charge on any atom is -0.511 e. The van der Waals surface area contributed by atoms with Crippen LogP contribution in [0.2, 0.25) is 0 Å². The summed E-state index contributed by atoms with van der Waals surface area (Å²) in [7, 11) is 1.16. The number of carbonyl (C=O) groups is 2. The highest BCUT2D eigenvalue weighted by atomic mass is 16.8. The Hall–Kier alpha value is -2.78. The molecule has 0 aromatic carbocycles. The molecule has 178 valence electrons. The number of fused-ring (bicyclic) bond motifs is 4. The SMILES string of the molecule is CCOC(=O)[C@@]1(C)C=C2O[C@@H]3OC4(CCCCC4)O[C@@H]3C2=C2C(O)=CC=C(O)[C@]21C(=O)OC. The average Bonchev–Trinajstić information content (AvgIpc) is 3.28. The zero-order valence-electron chi connectivity index (χ0n) is 18.9. The van der Waals surface area contributed by atoms with Gasteiger partial charge in [-0.05, 0) is 44.9 Å².